The van der Waals surface area contributed by atoms with E-state index in [0.717, 1.165) is 12.8 Å². The largest absolute Gasteiger partial charge is 0.460 e. The number of benzene rings is 1. The predicted molar refractivity (Wildman–Crippen MR) is 108 cm³/mol. The number of carbonyl (C=O) groups excluding carboxylic acids is 1. The summed E-state index contributed by atoms with van der Waals surface area (Å²) in [5.74, 6) is -2.30. The quantitative estimate of drug-likeness (QED) is 0.239. The number of nitro groups is 1. The van der Waals surface area contributed by atoms with E-state index in [9.17, 15) is 23.7 Å². The first kappa shape index (κ1) is 24.3. The van der Waals surface area contributed by atoms with Crippen LogP contribution in [-0.4, -0.2) is 37.3 Å². The summed E-state index contributed by atoms with van der Waals surface area (Å²) in [6, 6.07) is 5.69. The van der Waals surface area contributed by atoms with E-state index in [1.807, 2.05) is 6.92 Å². The Bertz CT molecular complexity index is 869. The van der Waals surface area contributed by atoms with Gasteiger partial charge in [0, 0.05) is 17.9 Å². The van der Waals surface area contributed by atoms with Crippen molar-refractivity contribution in [1.82, 2.24) is 5.32 Å². The summed E-state index contributed by atoms with van der Waals surface area (Å²) in [5, 5.41) is 14.7. The molecule has 2 rings (SSSR count). The van der Waals surface area contributed by atoms with Crippen LogP contribution in [0.3, 0.4) is 0 Å². The highest BCUT2D eigenvalue weighted by molar-refractivity contribution is 5.92. The standard InChI is InChI=1S/C21H26F2N2O6/c1-4-5-10-29-11-12-30-20(26)17-13(2)24-14(3)19(25(27)28)18(17)15-8-6-7-9-16(15)31-21(22)23/h6-9,18,21,24H,4-5,10-12H2,1-3H3. The van der Waals surface area contributed by atoms with Gasteiger partial charge >= 0.3 is 12.6 Å². The van der Waals surface area contributed by atoms with Crippen LogP contribution in [0.5, 0.6) is 5.75 Å². The van der Waals surface area contributed by atoms with E-state index in [2.05, 4.69) is 10.1 Å². The molecule has 170 valence electrons. The van der Waals surface area contributed by atoms with Gasteiger partial charge in [0.2, 0.25) is 0 Å². The summed E-state index contributed by atoms with van der Waals surface area (Å²) >= 11 is 0. The number of rotatable bonds is 11. The monoisotopic (exact) mass is 440 g/mol. The zero-order valence-corrected chi connectivity index (χ0v) is 17.7. The van der Waals surface area contributed by atoms with E-state index in [0.29, 0.717) is 12.3 Å². The smallest absolute Gasteiger partial charge is 0.387 e. The molecule has 0 aromatic heterocycles. The molecule has 8 nitrogen and oxygen atoms in total. The summed E-state index contributed by atoms with van der Waals surface area (Å²) < 4.78 is 41.1. The molecule has 0 aliphatic carbocycles. The molecule has 0 amide bonds. The Balaban J connectivity index is 2.38. The molecule has 0 saturated heterocycles. The average molecular weight is 440 g/mol. The van der Waals surface area contributed by atoms with Crippen molar-refractivity contribution in [2.45, 2.75) is 46.1 Å². The Morgan fingerprint density at radius 1 is 1.19 bits per heavy atom. The second kappa shape index (κ2) is 11.4. The molecule has 1 atom stereocenters. The number of halogens is 2. The number of para-hydroxylation sites is 1. The maximum absolute atomic E-state index is 12.9. The number of nitrogens with one attached hydrogen (secondary N) is 1. The number of esters is 1. The highest BCUT2D eigenvalue weighted by Gasteiger charge is 2.42. The van der Waals surface area contributed by atoms with Crippen molar-refractivity contribution in [3.05, 3.63) is 62.6 Å². The molecule has 0 radical (unpaired) electrons. The number of dihydropyridines is 1. The highest BCUT2D eigenvalue weighted by Crippen LogP contribution is 2.42. The second-order valence-corrected chi connectivity index (χ2v) is 6.88. The minimum Gasteiger partial charge on any atom is -0.460 e. The van der Waals surface area contributed by atoms with Crippen LogP contribution in [-0.2, 0) is 14.3 Å². The molecule has 0 bridgehead atoms. The van der Waals surface area contributed by atoms with Crippen LogP contribution in [0.4, 0.5) is 8.78 Å². The summed E-state index contributed by atoms with van der Waals surface area (Å²) in [4.78, 5) is 24.1. The number of allylic oxidation sites excluding steroid dienone is 3. The van der Waals surface area contributed by atoms with E-state index >= 15 is 0 Å². The molecular weight excluding hydrogens is 414 g/mol. The van der Waals surface area contributed by atoms with Crippen molar-refractivity contribution in [2.75, 3.05) is 19.8 Å². The van der Waals surface area contributed by atoms with Crippen LogP contribution >= 0.6 is 0 Å². The van der Waals surface area contributed by atoms with Crippen LogP contribution in [0.2, 0.25) is 0 Å². The third-order valence-electron chi connectivity index (χ3n) is 4.69. The molecular formula is C21H26F2N2O6. The Morgan fingerprint density at radius 3 is 2.55 bits per heavy atom. The lowest BCUT2D eigenvalue weighted by molar-refractivity contribution is -0.431. The minimum absolute atomic E-state index is 0.0439. The Morgan fingerprint density at radius 2 is 1.90 bits per heavy atom. The molecule has 0 saturated carbocycles. The van der Waals surface area contributed by atoms with Gasteiger partial charge in [-0.2, -0.15) is 8.78 Å². The first-order chi connectivity index (χ1) is 14.8. The van der Waals surface area contributed by atoms with Gasteiger partial charge in [0.1, 0.15) is 18.3 Å². The number of hydrogen-bond donors (Lipinski definition) is 1. The van der Waals surface area contributed by atoms with Crippen LogP contribution in [0.25, 0.3) is 0 Å². The van der Waals surface area contributed by atoms with Crippen LogP contribution in [0.15, 0.2) is 46.9 Å². The Hall–Kier alpha value is -3.01. The van der Waals surface area contributed by atoms with E-state index in [1.165, 1.54) is 31.2 Å². The Labute approximate surface area is 179 Å². The normalized spacial score (nSPS) is 16.4. The predicted octanol–water partition coefficient (Wildman–Crippen LogP) is 4.12. The lowest BCUT2D eigenvalue weighted by atomic mass is 9.83. The molecule has 31 heavy (non-hydrogen) atoms. The average Bonchev–Trinajstić information content (AvgIpc) is 2.69. The molecule has 1 N–H and O–H groups in total. The van der Waals surface area contributed by atoms with Gasteiger partial charge in [0.15, 0.2) is 0 Å². The number of nitrogens with zero attached hydrogens (tertiary/aromatic N) is 1. The minimum atomic E-state index is -3.13. The molecule has 1 unspecified atom stereocenters. The maximum atomic E-state index is 12.9. The van der Waals surface area contributed by atoms with Crippen molar-refractivity contribution in [3.8, 4) is 5.75 Å². The topological polar surface area (TPSA) is 99.9 Å². The lowest BCUT2D eigenvalue weighted by Crippen LogP contribution is -2.32. The van der Waals surface area contributed by atoms with Crippen molar-refractivity contribution in [3.63, 3.8) is 0 Å². The summed E-state index contributed by atoms with van der Waals surface area (Å²) in [5.41, 5.74) is 0.203. The first-order valence-electron chi connectivity index (χ1n) is 9.89. The summed E-state index contributed by atoms with van der Waals surface area (Å²) in [6.07, 6.45) is 1.84. The fourth-order valence-electron chi connectivity index (χ4n) is 3.34. The zero-order valence-electron chi connectivity index (χ0n) is 17.7. The van der Waals surface area contributed by atoms with Gasteiger partial charge in [-0.1, -0.05) is 31.5 Å². The molecule has 1 aliphatic rings. The number of unbranched alkanes of at least 4 members (excludes halogenated alkanes) is 1. The van der Waals surface area contributed by atoms with E-state index in [1.54, 1.807) is 6.92 Å². The lowest BCUT2D eigenvalue weighted by Gasteiger charge is -2.27. The summed E-state index contributed by atoms with van der Waals surface area (Å²) in [6.45, 7) is 2.61. The van der Waals surface area contributed by atoms with Crippen molar-refractivity contribution >= 4 is 5.97 Å². The van der Waals surface area contributed by atoms with Crippen molar-refractivity contribution in [2.24, 2.45) is 0 Å². The van der Waals surface area contributed by atoms with Gasteiger partial charge in [-0.05, 0) is 26.3 Å². The zero-order chi connectivity index (χ0) is 23.0. The fraction of sp³-hybridized carbons (Fsp3) is 0.476. The molecule has 1 aromatic carbocycles. The second-order valence-electron chi connectivity index (χ2n) is 6.88. The first-order valence-corrected chi connectivity index (χ1v) is 9.89. The van der Waals surface area contributed by atoms with Crippen LogP contribution in [0, 0.1) is 10.1 Å². The van der Waals surface area contributed by atoms with Crippen molar-refractivity contribution in [1.29, 1.82) is 0 Å². The van der Waals surface area contributed by atoms with Crippen LogP contribution < -0.4 is 10.1 Å². The Kier molecular flexibility index (Phi) is 8.92. The van der Waals surface area contributed by atoms with Gasteiger partial charge in [-0.25, -0.2) is 4.79 Å². The van der Waals surface area contributed by atoms with E-state index in [4.69, 9.17) is 9.47 Å². The number of hydrogen-bond acceptors (Lipinski definition) is 7. The summed E-state index contributed by atoms with van der Waals surface area (Å²) in [7, 11) is 0. The van der Waals surface area contributed by atoms with Gasteiger partial charge in [0.05, 0.1) is 22.8 Å². The highest BCUT2D eigenvalue weighted by atomic mass is 19.3. The van der Waals surface area contributed by atoms with Crippen LogP contribution in [0.1, 0.15) is 45.1 Å². The molecule has 1 aliphatic heterocycles. The number of alkyl halides is 2. The third-order valence-corrected chi connectivity index (χ3v) is 4.69. The number of carbonyl (C=O) groups is 1. The fourth-order valence-corrected chi connectivity index (χ4v) is 3.34. The molecule has 1 aromatic rings. The maximum Gasteiger partial charge on any atom is 0.387 e. The third kappa shape index (κ3) is 6.24. The van der Waals surface area contributed by atoms with Gasteiger partial charge < -0.3 is 19.5 Å². The van der Waals surface area contributed by atoms with Gasteiger partial charge in [-0.15, -0.1) is 0 Å². The number of ether oxygens (including phenoxy) is 3. The molecule has 10 heteroatoms. The van der Waals surface area contributed by atoms with Crippen molar-refractivity contribution < 1.29 is 32.7 Å². The molecule has 1 heterocycles. The van der Waals surface area contributed by atoms with Gasteiger partial charge in [0.25, 0.3) is 5.70 Å². The molecule has 0 spiro atoms. The van der Waals surface area contributed by atoms with E-state index < -0.39 is 23.4 Å². The van der Waals surface area contributed by atoms with E-state index in [-0.39, 0.29) is 41.5 Å². The SMILES string of the molecule is CCCCOCCOC(=O)C1=C(C)NC(C)=C([N+](=O)[O-])C1c1ccccc1OC(F)F. The van der Waals surface area contributed by atoms with Gasteiger partial charge in [-0.3, -0.25) is 10.1 Å². The molecule has 0 fully saturated rings.